The molecule has 0 atom stereocenters. The van der Waals surface area contributed by atoms with E-state index in [0.717, 1.165) is 31.7 Å². The summed E-state index contributed by atoms with van der Waals surface area (Å²) in [7, 11) is 19.9. The van der Waals surface area contributed by atoms with Crippen molar-refractivity contribution in [1.82, 2.24) is 0 Å². The van der Waals surface area contributed by atoms with Crippen molar-refractivity contribution in [3.63, 3.8) is 0 Å². The first-order chi connectivity index (χ1) is 32.5. The summed E-state index contributed by atoms with van der Waals surface area (Å²) >= 11 is 0.592. The second-order valence-electron chi connectivity index (χ2n) is 14.2. The smallest absolute Gasteiger partial charge is 0.294 e. The monoisotopic (exact) mass is 1120 g/mol. The molecule has 360 valence electrons. The zero-order valence-corrected chi connectivity index (χ0v) is 44.7. The van der Waals surface area contributed by atoms with Gasteiger partial charge >= 0.3 is 137 Å². The molecule has 23 heteroatoms. The van der Waals surface area contributed by atoms with Crippen LogP contribution in [0.1, 0.15) is 96.0 Å². The third-order valence-corrected chi connectivity index (χ3v) is 24.7. The molecule has 0 aliphatic rings. The molecule has 0 aromatic heterocycles. The summed E-state index contributed by atoms with van der Waals surface area (Å²) in [6.07, 6.45) is 6.92. The maximum atomic E-state index is 13.5. The first-order valence-electron chi connectivity index (χ1n) is 21.6. The van der Waals surface area contributed by atoms with Crippen molar-refractivity contribution in [1.29, 1.82) is 0 Å². The van der Waals surface area contributed by atoms with Crippen LogP contribution in [0.15, 0.2) is 112 Å². The van der Waals surface area contributed by atoms with Crippen LogP contribution in [-0.4, -0.2) is 95.9 Å². The fraction of sp³-hybridized carbons (Fsp3) is 0.370. The van der Waals surface area contributed by atoms with Gasteiger partial charge in [0.25, 0.3) is 0 Å². The number of halogens is 4. The molecule has 0 spiro atoms. The van der Waals surface area contributed by atoms with Gasteiger partial charge in [0.05, 0.1) is 37.0 Å². The fourth-order valence-corrected chi connectivity index (χ4v) is 20.4. The van der Waals surface area contributed by atoms with Gasteiger partial charge in [-0.05, 0) is 72.6 Å². The molecule has 0 aliphatic carbocycles. The normalized spacial score (nSPS) is 9.42. The van der Waals surface area contributed by atoms with Crippen molar-refractivity contribution in [3.8, 4) is 0 Å². The van der Waals surface area contributed by atoms with E-state index in [9.17, 15) is 48.3 Å². The number of Topliss-reactive ketones (excluding diaryl/α,β-unsaturated/α-hetero) is 1. The van der Waals surface area contributed by atoms with Crippen molar-refractivity contribution < 1.29 is 42.2 Å². The Morgan fingerprint density at radius 3 is 1.30 bits per heavy atom. The van der Waals surface area contributed by atoms with Gasteiger partial charge < -0.3 is 4.74 Å². The number of hydrogen-bond donors (Lipinski definition) is 0. The van der Waals surface area contributed by atoms with Gasteiger partial charge in [-0.1, -0.05) is 36.2 Å². The quantitative estimate of drug-likeness (QED) is 0.0267. The van der Waals surface area contributed by atoms with Crippen LogP contribution in [0.3, 0.4) is 0 Å². The Kier molecular flexibility index (Phi) is 39.3. The summed E-state index contributed by atoms with van der Waals surface area (Å²) in [6.45, 7) is 27.3. The molecule has 69 heavy (non-hydrogen) atoms. The van der Waals surface area contributed by atoms with E-state index >= 15 is 0 Å². The Hall–Kier alpha value is -5.07. The van der Waals surface area contributed by atoms with E-state index in [1.807, 2.05) is 0 Å². The topological polar surface area (TPSA) is 165 Å². The molecule has 0 bridgehead atoms. The van der Waals surface area contributed by atoms with E-state index in [-0.39, 0.29) is 21.4 Å². The van der Waals surface area contributed by atoms with Gasteiger partial charge in [-0.2, -0.15) is 13.2 Å². The van der Waals surface area contributed by atoms with Crippen LogP contribution in [-0.2, 0) is 9.47 Å². The molecule has 3 aromatic rings. The van der Waals surface area contributed by atoms with Crippen LogP contribution in [0.2, 0.25) is 13.3 Å². The molecule has 12 nitrogen and oxygen atoms in total. The Morgan fingerprint density at radius 1 is 0.652 bits per heavy atom. The van der Waals surface area contributed by atoms with Gasteiger partial charge in [-0.3, -0.25) is 35.1 Å². The molecule has 3 aromatic carbocycles. The van der Waals surface area contributed by atoms with Gasteiger partial charge in [0.2, 0.25) is 17.5 Å². The van der Waals surface area contributed by atoms with E-state index in [0.29, 0.717) is 6.61 Å². The summed E-state index contributed by atoms with van der Waals surface area (Å²) in [5.41, 5.74) is 7.54. The van der Waals surface area contributed by atoms with Crippen molar-refractivity contribution in [2.75, 3.05) is 13.2 Å². The number of hydrogen-bond acceptors (Lipinski definition) is 9. The van der Waals surface area contributed by atoms with Crippen molar-refractivity contribution in [3.05, 3.63) is 171 Å². The molecule has 0 N–H and O–H groups in total. The molecular formula is C46H57B6BrF3N3O9Sn. The molecule has 0 aliphatic heterocycles. The predicted octanol–water partition coefficient (Wildman–Crippen LogP) is 12.2. The van der Waals surface area contributed by atoms with Crippen LogP contribution < -0.4 is 0 Å². The van der Waals surface area contributed by atoms with Gasteiger partial charge in [-0.15, -0.1) is 0 Å². The van der Waals surface area contributed by atoms with Crippen LogP contribution in [0.4, 0.5) is 30.2 Å². The van der Waals surface area contributed by atoms with Crippen LogP contribution in [0, 0.1) is 47.8 Å². The second kappa shape index (κ2) is 39.7. The summed E-state index contributed by atoms with van der Waals surface area (Å²) in [6, 6.07) is 11.3. The average molecular weight is 1120 g/mol. The molecule has 8 radical (unpaired) electrons. The van der Waals surface area contributed by atoms with Gasteiger partial charge in [-0.25, -0.2) is 0 Å². The number of unbranched alkanes of at least 4 members (excludes halogenated alkanes) is 3. The molecule has 0 saturated carbocycles. The van der Waals surface area contributed by atoms with Crippen molar-refractivity contribution >= 4 is 107 Å². The summed E-state index contributed by atoms with van der Waals surface area (Å²) in [4.78, 5) is 39.2. The van der Waals surface area contributed by atoms with E-state index in [1.54, 1.807) is 6.92 Å². The Balaban J connectivity index is -0.000000786. The zero-order chi connectivity index (χ0) is 53.7. The van der Waals surface area contributed by atoms with E-state index < -0.39 is 86.2 Å². The summed E-state index contributed by atoms with van der Waals surface area (Å²) in [5, 5.41) is 30.8. The number of carbonyl (C=O) groups excluding carboxylic acids is 1. The number of benzene rings is 3. The Bertz CT molecular complexity index is 2200. The van der Waals surface area contributed by atoms with E-state index in [1.165, 1.54) is 92.0 Å². The van der Waals surface area contributed by atoms with Crippen LogP contribution >= 0.6 is 15.9 Å². The molecule has 0 fully saturated rings. The molecule has 0 unspecified atom stereocenters. The van der Waals surface area contributed by atoms with Gasteiger partial charge in [0.1, 0.15) is 5.76 Å². The molecular weight excluding hydrogens is 1060 g/mol. The number of ketones is 1. The average Bonchev–Trinajstić information content (AvgIpc) is 3.30. The molecule has 0 saturated heterocycles. The SMILES string of the molecule is C=C(OCC)c1cccc([N+](=O)[O-])c1F.C=C=C=C=C=C.C=[C](OCC)[Sn]([CH2]CCC)([CH2]CCC)[CH2]CCC.CC(=O)c1cccc([N+](=O)[O-])c1F.O=[N+]([O-])c1cccc(Br)c1F.[B]B([B])B([B])[B]. The number of carbonyl (C=O) groups is 1. The van der Waals surface area contributed by atoms with Gasteiger partial charge in [0.15, 0.2) is 5.78 Å². The first-order valence-corrected chi connectivity index (χ1v) is 29.9. The number of nitro benzene ring substituents is 3. The maximum Gasteiger partial charge on any atom is 0.305 e. The second-order valence-corrected chi connectivity index (χ2v) is 28.3. The number of ether oxygens (including phenoxy) is 2. The minimum atomic E-state index is -2.24. The fourth-order valence-electron chi connectivity index (χ4n) is 5.45. The van der Waals surface area contributed by atoms with Crippen LogP contribution in [0.5, 0.6) is 0 Å². The minimum absolute atomic E-state index is 0.0195. The number of nitro groups is 3. The minimum Gasteiger partial charge on any atom is -0.294 e. The number of nitrogens with zero attached hydrogens (tertiary/aromatic N) is 3. The largest absolute Gasteiger partial charge is 0.305 e. The predicted molar refractivity (Wildman–Crippen MR) is 283 cm³/mol. The molecule has 0 amide bonds. The maximum absolute atomic E-state index is 13.5. The van der Waals surface area contributed by atoms with Crippen molar-refractivity contribution in [2.24, 2.45) is 0 Å². The molecule has 3 rings (SSSR count). The van der Waals surface area contributed by atoms with Crippen LogP contribution in [0.25, 0.3) is 5.76 Å². The summed E-state index contributed by atoms with van der Waals surface area (Å²) in [5.74, 6) is -3.25. The Labute approximate surface area is 423 Å². The molecule has 0 heterocycles. The first kappa shape index (κ1) is 68.2. The third-order valence-electron chi connectivity index (χ3n) is 9.10. The van der Waals surface area contributed by atoms with E-state index in [4.69, 9.17) is 40.4 Å². The Morgan fingerprint density at radius 2 is 1.00 bits per heavy atom. The van der Waals surface area contributed by atoms with E-state index in [2.05, 4.69) is 92.9 Å². The van der Waals surface area contributed by atoms with Crippen molar-refractivity contribution in [2.45, 2.75) is 93.4 Å². The third kappa shape index (κ3) is 28.3. The number of rotatable bonds is 20. The zero-order valence-electron chi connectivity index (χ0n) is 40.3. The standard InChI is InChI=1S/C10H10FNO3.C8H6FNO3.C6H3BrFNO2.C6H4.C4H7O.3C4H9.B6.Sn/c1-3-15-7(2)8-5-4-6-9(10(8)11)12(13)14;1-5(11)6-3-2-4-7(8(6)9)10(12)13;7-4-2-1-3-5(6(4)8)9(10)11;1-3-5-6-4-2;1-3-5-4-2;3*1-3-4-2;1-5(2)6(3)4;/h4-6H,2-3H2,1H3;2-4H,1H3;1-3H;1-2H2;1,4H2,2H3;3*1,3-4H2,2H3;;. The summed E-state index contributed by atoms with van der Waals surface area (Å²) < 4.78 is 56.0. The van der Waals surface area contributed by atoms with Gasteiger partial charge in [0, 0.05) is 61.9 Å².